The molecule has 5 nitrogen and oxygen atoms in total. The van der Waals surface area contributed by atoms with Gasteiger partial charge in [0, 0.05) is 43.3 Å². The van der Waals surface area contributed by atoms with Gasteiger partial charge in [-0.3, -0.25) is 4.79 Å². The molecule has 1 saturated carbocycles. The van der Waals surface area contributed by atoms with Crippen LogP contribution in [0.3, 0.4) is 0 Å². The van der Waals surface area contributed by atoms with Gasteiger partial charge in [-0.2, -0.15) is 0 Å². The molecular formula is C25H29FN4O. The maximum Gasteiger partial charge on any atom is 0.224 e. The number of para-hydroxylation sites is 1. The first kappa shape index (κ1) is 21.1. The Bertz CT molecular complexity index is 1040. The van der Waals surface area contributed by atoms with Crippen molar-refractivity contribution in [2.45, 2.75) is 44.2 Å². The van der Waals surface area contributed by atoms with Gasteiger partial charge in [-0.05, 0) is 49.4 Å². The van der Waals surface area contributed by atoms with E-state index in [2.05, 4.69) is 27.7 Å². The van der Waals surface area contributed by atoms with E-state index in [4.69, 9.17) is 4.98 Å². The summed E-state index contributed by atoms with van der Waals surface area (Å²) in [5, 5.41) is 7.88. The summed E-state index contributed by atoms with van der Waals surface area (Å²) in [4.78, 5) is 19.2. The Balaban J connectivity index is 1.32. The van der Waals surface area contributed by atoms with Crippen LogP contribution in [0.5, 0.6) is 0 Å². The number of nitrogens with zero attached hydrogens (tertiary/aromatic N) is 2. The van der Waals surface area contributed by atoms with E-state index in [-0.39, 0.29) is 24.2 Å². The zero-order chi connectivity index (χ0) is 21.8. The topological polar surface area (TPSA) is 57.3 Å². The van der Waals surface area contributed by atoms with Crippen molar-refractivity contribution in [3.05, 3.63) is 66.0 Å². The van der Waals surface area contributed by atoms with Gasteiger partial charge in [0.2, 0.25) is 5.91 Å². The van der Waals surface area contributed by atoms with E-state index < -0.39 is 0 Å². The normalized spacial score (nSPS) is 18.5. The number of hydrogen-bond acceptors (Lipinski definition) is 4. The second-order valence-electron chi connectivity index (χ2n) is 8.50. The minimum absolute atomic E-state index is 0.00478. The molecule has 0 aliphatic heterocycles. The van der Waals surface area contributed by atoms with Crippen LogP contribution in [-0.2, 0) is 11.2 Å². The maximum atomic E-state index is 13.0. The Kier molecular flexibility index (Phi) is 6.35. The largest absolute Gasteiger partial charge is 0.377 e. The third-order valence-corrected chi connectivity index (χ3v) is 5.90. The number of aromatic nitrogens is 1. The van der Waals surface area contributed by atoms with Crippen molar-refractivity contribution in [3.8, 4) is 0 Å². The zero-order valence-electron chi connectivity index (χ0n) is 18.1. The standard InChI is InChI=1S/C25H29FN4O/c1-30(2)23-16-24(29-22-6-4-3-5-21(22)23)27-19-11-13-20(14-12-19)28-25(31)15-17-7-9-18(26)10-8-17/h3-10,16,19-20H,11-15H2,1-2H3,(H,27,29)(H,28,31)/t19-,20+. The molecule has 1 aliphatic rings. The van der Waals surface area contributed by atoms with E-state index in [1.54, 1.807) is 12.1 Å². The molecule has 162 valence electrons. The van der Waals surface area contributed by atoms with E-state index >= 15 is 0 Å². The van der Waals surface area contributed by atoms with Crippen LogP contribution >= 0.6 is 0 Å². The predicted molar refractivity (Wildman–Crippen MR) is 124 cm³/mol. The number of benzene rings is 2. The number of carbonyl (C=O) groups is 1. The molecule has 0 unspecified atom stereocenters. The molecule has 0 atom stereocenters. The molecule has 1 heterocycles. The molecule has 1 aromatic heterocycles. The van der Waals surface area contributed by atoms with Crippen molar-refractivity contribution in [3.63, 3.8) is 0 Å². The van der Waals surface area contributed by atoms with Crippen molar-refractivity contribution in [2.24, 2.45) is 0 Å². The molecule has 1 fully saturated rings. The van der Waals surface area contributed by atoms with Crippen LogP contribution < -0.4 is 15.5 Å². The average Bonchev–Trinajstić information content (AvgIpc) is 2.76. The molecule has 0 bridgehead atoms. The molecule has 2 aromatic carbocycles. The first-order valence-corrected chi connectivity index (χ1v) is 10.9. The fraction of sp³-hybridized carbons (Fsp3) is 0.360. The van der Waals surface area contributed by atoms with Gasteiger partial charge in [0.15, 0.2) is 0 Å². The molecule has 31 heavy (non-hydrogen) atoms. The van der Waals surface area contributed by atoms with Crippen LogP contribution in [0.4, 0.5) is 15.9 Å². The number of nitrogens with one attached hydrogen (secondary N) is 2. The first-order chi connectivity index (χ1) is 15.0. The van der Waals surface area contributed by atoms with Crippen molar-refractivity contribution in [1.29, 1.82) is 0 Å². The molecule has 4 rings (SSSR count). The summed E-state index contributed by atoms with van der Waals surface area (Å²) in [6.45, 7) is 0. The van der Waals surface area contributed by atoms with Crippen molar-refractivity contribution in [2.75, 3.05) is 24.3 Å². The fourth-order valence-corrected chi connectivity index (χ4v) is 4.26. The van der Waals surface area contributed by atoms with Crippen LogP contribution in [0.2, 0.25) is 0 Å². The average molecular weight is 421 g/mol. The molecule has 3 aromatic rings. The smallest absolute Gasteiger partial charge is 0.224 e. The molecule has 1 aliphatic carbocycles. The van der Waals surface area contributed by atoms with Crippen molar-refractivity contribution in [1.82, 2.24) is 10.3 Å². The summed E-state index contributed by atoms with van der Waals surface area (Å²) in [5.74, 6) is 0.606. The van der Waals surface area contributed by atoms with Crippen LogP contribution in [0.15, 0.2) is 54.6 Å². The number of pyridine rings is 1. The number of amides is 1. The van der Waals surface area contributed by atoms with Crippen molar-refractivity contribution >= 4 is 28.3 Å². The van der Waals surface area contributed by atoms with Crippen LogP contribution in [0.1, 0.15) is 31.2 Å². The van der Waals surface area contributed by atoms with E-state index in [0.717, 1.165) is 53.7 Å². The number of carbonyl (C=O) groups excluding carboxylic acids is 1. The second kappa shape index (κ2) is 9.33. The Morgan fingerprint density at radius 3 is 2.42 bits per heavy atom. The van der Waals surface area contributed by atoms with Gasteiger partial charge in [0.1, 0.15) is 11.6 Å². The fourth-order valence-electron chi connectivity index (χ4n) is 4.26. The zero-order valence-corrected chi connectivity index (χ0v) is 18.1. The SMILES string of the molecule is CN(C)c1cc(N[C@H]2CC[C@@H](NC(=O)Cc3ccc(F)cc3)CC2)nc2ccccc12. The highest BCUT2D eigenvalue weighted by Crippen LogP contribution is 2.29. The first-order valence-electron chi connectivity index (χ1n) is 10.9. The Morgan fingerprint density at radius 2 is 1.71 bits per heavy atom. The minimum atomic E-state index is -0.284. The predicted octanol–water partition coefficient (Wildman–Crippen LogP) is 4.52. The van der Waals surface area contributed by atoms with Gasteiger partial charge < -0.3 is 15.5 Å². The second-order valence-corrected chi connectivity index (χ2v) is 8.50. The lowest BCUT2D eigenvalue weighted by atomic mass is 9.91. The van der Waals surface area contributed by atoms with Crippen LogP contribution in [0.25, 0.3) is 10.9 Å². The highest BCUT2D eigenvalue weighted by atomic mass is 19.1. The van der Waals surface area contributed by atoms with Gasteiger partial charge >= 0.3 is 0 Å². The number of halogens is 1. The quantitative estimate of drug-likeness (QED) is 0.616. The third kappa shape index (κ3) is 5.32. The molecular weight excluding hydrogens is 391 g/mol. The number of fused-ring (bicyclic) bond motifs is 1. The summed E-state index contributed by atoms with van der Waals surface area (Å²) < 4.78 is 13.0. The maximum absolute atomic E-state index is 13.0. The summed E-state index contributed by atoms with van der Waals surface area (Å²) in [6, 6.07) is 16.9. The van der Waals surface area contributed by atoms with E-state index in [1.807, 2.05) is 32.3 Å². The highest BCUT2D eigenvalue weighted by molar-refractivity contribution is 5.93. The van der Waals surface area contributed by atoms with Gasteiger partial charge in [-0.1, -0.05) is 30.3 Å². The summed E-state index contributed by atoms with van der Waals surface area (Å²) in [5.41, 5.74) is 2.96. The molecule has 0 saturated heterocycles. The van der Waals surface area contributed by atoms with Gasteiger partial charge in [-0.25, -0.2) is 9.37 Å². The van der Waals surface area contributed by atoms with Gasteiger partial charge in [0.05, 0.1) is 11.9 Å². The Hall–Kier alpha value is -3.15. The molecule has 0 radical (unpaired) electrons. The van der Waals surface area contributed by atoms with Crippen LogP contribution in [0, 0.1) is 5.82 Å². The molecule has 6 heteroatoms. The lowest BCUT2D eigenvalue weighted by Gasteiger charge is -2.30. The van der Waals surface area contributed by atoms with Crippen LogP contribution in [-0.4, -0.2) is 37.1 Å². The monoisotopic (exact) mass is 420 g/mol. The van der Waals surface area contributed by atoms with E-state index in [0.29, 0.717) is 6.04 Å². The Morgan fingerprint density at radius 1 is 1.03 bits per heavy atom. The number of hydrogen-bond donors (Lipinski definition) is 2. The molecule has 1 amide bonds. The number of rotatable bonds is 6. The molecule has 0 spiro atoms. The Labute approximate surface area is 182 Å². The van der Waals surface area contributed by atoms with E-state index in [1.165, 1.54) is 12.1 Å². The van der Waals surface area contributed by atoms with Gasteiger partial charge in [0.25, 0.3) is 0 Å². The summed E-state index contributed by atoms with van der Waals surface area (Å²) in [7, 11) is 4.09. The van der Waals surface area contributed by atoms with Crippen molar-refractivity contribution < 1.29 is 9.18 Å². The van der Waals surface area contributed by atoms with E-state index in [9.17, 15) is 9.18 Å². The highest BCUT2D eigenvalue weighted by Gasteiger charge is 2.23. The summed E-state index contributed by atoms with van der Waals surface area (Å²) >= 11 is 0. The lowest BCUT2D eigenvalue weighted by molar-refractivity contribution is -0.121. The lowest BCUT2D eigenvalue weighted by Crippen LogP contribution is -2.40. The number of anilines is 2. The van der Waals surface area contributed by atoms with Gasteiger partial charge in [-0.15, -0.1) is 0 Å². The molecule has 2 N–H and O–H groups in total. The minimum Gasteiger partial charge on any atom is -0.377 e. The summed E-state index contributed by atoms with van der Waals surface area (Å²) in [6.07, 6.45) is 4.11. The third-order valence-electron chi connectivity index (χ3n) is 5.90.